The van der Waals surface area contributed by atoms with Crippen molar-refractivity contribution in [3.63, 3.8) is 0 Å². The summed E-state index contributed by atoms with van der Waals surface area (Å²) in [4.78, 5) is 18.1. The molecule has 0 aliphatic carbocycles. The van der Waals surface area contributed by atoms with Crippen LogP contribution in [-0.2, 0) is 5.75 Å². The van der Waals surface area contributed by atoms with Gasteiger partial charge in [-0.15, -0.1) is 23.1 Å². The van der Waals surface area contributed by atoms with Gasteiger partial charge in [0, 0.05) is 39.8 Å². The lowest BCUT2D eigenvalue weighted by Gasteiger charge is -2.10. The van der Waals surface area contributed by atoms with Crippen molar-refractivity contribution in [3.8, 4) is 11.5 Å². The Hall–Kier alpha value is -2.51. The number of carbonyl (C=O) groups is 1. The molecule has 1 aromatic heterocycles. The summed E-state index contributed by atoms with van der Waals surface area (Å²) in [5.41, 5.74) is 2.39. The highest BCUT2D eigenvalue weighted by atomic mass is 32.2. The summed E-state index contributed by atoms with van der Waals surface area (Å²) >= 11 is 3.37. The van der Waals surface area contributed by atoms with Crippen LogP contribution in [0, 0.1) is 6.92 Å². The highest BCUT2D eigenvalue weighted by molar-refractivity contribution is 7.98. The minimum Gasteiger partial charge on any atom is -0.490 e. The normalized spacial score (nSPS) is 13.0. The second kappa shape index (κ2) is 8.67. The van der Waals surface area contributed by atoms with Crippen molar-refractivity contribution in [1.29, 1.82) is 0 Å². The molecule has 7 heteroatoms. The van der Waals surface area contributed by atoms with Gasteiger partial charge in [0.1, 0.15) is 0 Å². The van der Waals surface area contributed by atoms with Crippen LogP contribution in [0.25, 0.3) is 0 Å². The number of hydrogen-bond acceptors (Lipinski definition) is 6. The van der Waals surface area contributed by atoms with E-state index in [1.54, 1.807) is 29.2 Å². The molecule has 0 atom stereocenters. The highest BCUT2D eigenvalue weighted by Crippen LogP contribution is 2.32. The fourth-order valence-electron chi connectivity index (χ4n) is 2.78. The molecule has 0 spiro atoms. The lowest BCUT2D eigenvalue weighted by molar-refractivity contribution is 0.102. The maximum absolute atomic E-state index is 12.5. The van der Waals surface area contributed by atoms with E-state index in [0.717, 1.165) is 27.8 Å². The number of thioether (sulfide) groups is 1. The lowest BCUT2D eigenvalue weighted by Crippen LogP contribution is -2.11. The molecular formula is C21H20N2O3S2. The van der Waals surface area contributed by atoms with Crippen LogP contribution in [0.3, 0.4) is 0 Å². The third-order valence-electron chi connectivity index (χ3n) is 4.18. The predicted molar refractivity (Wildman–Crippen MR) is 113 cm³/mol. The minimum atomic E-state index is -0.152. The first-order chi connectivity index (χ1) is 13.7. The summed E-state index contributed by atoms with van der Waals surface area (Å²) in [6.45, 7) is 3.27. The summed E-state index contributed by atoms with van der Waals surface area (Å²) < 4.78 is 11.3. The van der Waals surface area contributed by atoms with Gasteiger partial charge in [-0.2, -0.15) is 0 Å². The van der Waals surface area contributed by atoms with E-state index in [9.17, 15) is 4.79 Å². The molecule has 1 N–H and O–H groups in total. The SMILES string of the molecule is Cc1nc(CSc2ccc(C(=O)Nc3ccc4c(c3)OCCCO4)cc2)cs1. The van der Waals surface area contributed by atoms with E-state index >= 15 is 0 Å². The van der Waals surface area contributed by atoms with Crippen LogP contribution in [0.1, 0.15) is 27.5 Å². The summed E-state index contributed by atoms with van der Waals surface area (Å²) in [7, 11) is 0. The number of amides is 1. The van der Waals surface area contributed by atoms with E-state index < -0.39 is 0 Å². The van der Waals surface area contributed by atoms with Crippen LogP contribution in [-0.4, -0.2) is 24.1 Å². The number of benzene rings is 2. The van der Waals surface area contributed by atoms with Gasteiger partial charge in [-0.1, -0.05) is 0 Å². The molecule has 2 aromatic carbocycles. The molecule has 0 fully saturated rings. The molecule has 1 amide bonds. The zero-order chi connectivity index (χ0) is 19.3. The quantitative estimate of drug-likeness (QED) is 0.587. The largest absolute Gasteiger partial charge is 0.490 e. The summed E-state index contributed by atoms with van der Waals surface area (Å²) in [6, 6.07) is 13.1. The predicted octanol–water partition coefficient (Wildman–Crippen LogP) is 5.16. The average molecular weight is 413 g/mol. The number of nitrogens with zero attached hydrogens (tertiary/aromatic N) is 1. The molecule has 5 nitrogen and oxygen atoms in total. The second-order valence-electron chi connectivity index (χ2n) is 6.34. The third kappa shape index (κ3) is 4.66. The fraction of sp³-hybridized carbons (Fsp3) is 0.238. The topological polar surface area (TPSA) is 60.5 Å². The van der Waals surface area contributed by atoms with Crippen molar-refractivity contribution in [2.45, 2.75) is 24.0 Å². The van der Waals surface area contributed by atoms with Gasteiger partial charge in [-0.3, -0.25) is 4.79 Å². The van der Waals surface area contributed by atoms with E-state index in [-0.39, 0.29) is 5.91 Å². The Morgan fingerprint density at radius 2 is 1.93 bits per heavy atom. The van der Waals surface area contributed by atoms with Crippen molar-refractivity contribution < 1.29 is 14.3 Å². The molecule has 0 unspecified atom stereocenters. The molecule has 4 rings (SSSR count). The molecule has 28 heavy (non-hydrogen) atoms. The Bertz CT molecular complexity index is 970. The molecule has 1 aliphatic heterocycles. The van der Waals surface area contributed by atoms with Gasteiger partial charge in [0.05, 0.1) is 23.9 Å². The Balaban J connectivity index is 1.37. The first-order valence-corrected chi connectivity index (χ1v) is 10.9. The number of aryl methyl sites for hydroxylation is 1. The van der Waals surface area contributed by atoms with E-state index in [4.69, 9.17) is 9.47 Å². The van der Waals surface area contributed by atoms with Crippen LogP contribution < -0.4 is 14.8 Å². The number of fused-ring (bicyclic) bond motifs is 1. The fourth-order valence-corrected chi connectivity index (χ4v) is 4.29. The zero-order valence-electron chi connectivity index (χ0n) is 15.4. The first kappa shape index (κ1) is 18.8. The van der Waals surface area contributed by atoms with Crippen molar-refractivity contribution in [2.24, 2.45) is 0 Å². The molecule has 3 aromatic rings. The van der Waals surface area contributed by atoms with E-state index in [1.807, 2.05) is 43.3 Å². The monoisotopic (exact) mass is 412 g/mol. The van der Waals surface area contributed by atoms with Crippen LogP contribution in [0.2, 0.25) is 0 Å². The minimum absolute atomic E-state index is 0.152. The highest BCUT2D eigenvalue weighted by Gasteiger charge is 2.13. The lowest BCUT2D eigenvalue weighted by atomic mass is 10.2. The molecule has 144 valence electrons. The maximum atomic E-state index is 12.5. The number of hydrogen-bond donors (Lipinski definition) is 1. The number of nitrogens with one attached hydrogen (secondary N) is 1. The standard InChI is InChI=1S/C21H20N2O3S2/c1-14-22-17(12-27-14)13-28-18-6-3-15(4-7-18)21(24)23-16-5-8-19-20(11-16)26-10-2-9-25-19/h3-8,11-12H,2,9-10,13H2,1H3,(H,23,24). The summed E-state index contributed by atoms with van der Waals surface area (Å²) in [5.74, 6) is 2.06. The third-order valence-corrected chi connectivity index (χ3v) is 6.04. The van der Waals surface area contributed by atoms with Gasteiger partial charge in [0.2, 0.25) is 0 Å². The van der Waals surface area contributed by atoms with Gasteiger partial charge < -0.3 is 14.8 Å². The molecule has 1 aliphatic rings. The Labute approximate surface area is 172 Å². The Kier molecular flexibility index (Phi) is 5.83. The van der Waals surface area contributed by atoms with Gasteiger partial charge >= 0.3 is 0 Å². The van der Waals surface area contributed by atoms with E-state index in [1.165, 1.54) is 0 Å². The molecule has 0 bridgehead atoms. The Morgan fingerprint density at radius 1 is 1.14 bits per heavy atom. The van der Waals surface area contributed by atoms with Crippen LogP contribution in [0.5, 0.6) is 11.5 Å². The molecule has 0 saturated carbocycles. The van der Waals surface area contributed by atoms with E-state index in [0.29, 0.717) is 36.0 Å². The summed E-state index contributed by atoms with van der Waals surface area (Å²) in [5, 5.41) is 6.08. The van der Waals surface area contributed by atoms with E-state index in [2.05, 4.69) is 15.7 Å². The number of ether oxygens (including phenoxy) is 2. The Morgan fingerprint density at radius 3 is 2.68 bits per heavy atom. The number of thiazole rings is 1. The zero-order valence-corrected chi connectivity index (χ0v) is 17.1. The summed E-state index contributed by atoms with van der Waals surface area (Å²) in [6.07, 6.45) is 0.850. The number of rotatable bonds is 5. The molecule has 0 saturated heterocycles. The molecule has 2 heterocycles. The van der Waals surface area contributed by atoms with Crippen molar-refractivity contribution >= 4 is 34.7 Å². The van der Waals surface area contributed by atoms with Gasteiger partial charge in [0.15, 0.2) is 11.5 Å². The smallest absolute Gasteiger partial charge is 0.255 e. The van der Waals surface area contributed by atoms with Gasteiger partial charge in [-0.05, 0) is 43.3 Å². The van der Waals surface area contributed by atoms with Crippen molar-refractivity contribution in [1.82, 2.24) is 4.98 Å². The second-order valence-corrected chi connectivity index (χ2v) is 8.45. The van der Waals surface area contributed by atoms with Crippen molar-refractivity contribution in [2.75, 3.05) is 18.5 Å². The number of aromatic nitrogens is 1. The first-order valence-electron chi connectivity index (χ1n) is 9.02. The van der Waals surface area contributed by atoms with Gasteiger partial charge in [-0.25, -0.2) is 4.98 Å². The average Bonchev–Trinajstić information content (AvgIpc) is 2.98. The van der Waals surface area contributed by atoms with Crippen LogP contribution in [0.4, 0.5) is 5.69 Å². The maximum Gasteiger partial charge on any atom is 0.255 e. The molecule has 0 radical (unpaired) electrons. The molecular weight excluding hydrogens is 392 g/mol. The van der Waals surface area contributed by atoms with Crippen LogP contribution in [0.15, 0.2) is 52.7 Å². The van der Waals surface area contributed by atoms with Crippen LogP contribution >= 0.6 is 23.1 Å². The number of anilines is 1. The van der Waals surface area contributed by atoms with Gasteiger partial charge in [0.25, 0.3) is 5.91 Å². The van der Waals surface area contributed by atoms with Crippen molar-refractivity contribution in [3.05, 3.63) is 64.1 Å². The number of carbonyl (C=O) groups excluding carboxylic acids is 1.